The van der Waals surface area contributed by atoms with Crippen LogP contribution in [-0.4, -0.2) is 22.5 Å². The number of aromatic nitrogens is 2. The quantitative estimate of drug-likeness (QED) is 0.709. The van der Waals surface area contributed by atoms with Crippen LogP contribution in [0.5, 0.6) is 17.4 Å². The lowest BCUT2D eigenvalue weighted by Gasteiger charge is -2.11. The molecule has 1 aromatic carbocycles. The first-order chi connectivity index (χ1) is 12.7. The third-order valence-corrected chi connectivity index (χ3v) is 3.54. The first-order valence-corrected chi connectivity index (χ1v) is 8.19. The van der Waals surface area contributed by atoms with Crippen LogP contribution in [-0.2, 0) is 11.3 Å². The molecular weight excluding hydrogens is 330 g/mol. The molecule has 1 amide bonds. The largest absolute Gasteiger partial charge is 0.484 e. The SMILES string of the molecule is Cc1ccc(Oc2ncccc2CNC(=O)COc2ccccc2)cn1. The summed E-state index contributed by atoms with van der Waals surface area (Å²) in [5.41, 5.74) is 1.67. The van der Waals surface area contributed by atoms with Crippen LogP contribution in [0.4, 0.5) is 0 Å². The van der Waals surface area contributed by atoms with E-state index < -0.39 is 0 Å². The highest BCUT2D eigenvalue weighted by Gasteiger charge is 2.09. The first kappa shape index (κ1) is 17.4. The summed E-state index contributed by atoms with van der Waals surface area (Å²) in [5, 5.41) is 2.80. The summed E-state index contributed by atoms with van der Waals surface area (Å²) in [7, 11) is 0. The third-order valence-electron chi connectivity index (χ3n) is 3.54. The average molecular weight is 349 g/mol. The van der Waals surface area contributed by atoms with Gasteiger partial charge in [-0.15, -0.1) is 0 Å². The van der Waals surface area contributed by atoms with Gasteiger partial charge in [0.2, 0.25) is 5.88 Å². The fourth-order valence-electron chi connectivity index (χ4n) is 2.19. The number of amides is 1. The molecule has 2 aromatic heterocycles. The van der Waals surface area contributed by atoms with E-state index in [9.17, 15) is 4.79 Å². The Labute approximate surface area is 151 Å². The van der Waals surface area contributed by atoms with E-state index in [0.717, 1.165) is 11.3 Å². The highest BCUT2D eigenvalue weighted by molar-refractivity contribution is 5.77. The second kappa shape index (κ2) is 8.62. The van der Waals surface area contributed by atoms with Gasteiger partial charge < -0.3 is 14.8 Å². The summed E-state index contributed by atoms with van der Waals surface area (Å²) in [6.45, 7) is 2.14. The molecule has 6 heteroatoms. The van der Waals surface area contributed by atoms with Crippen molar-refractivity contribution in [1.29, 1.82) is 0 Å². The summed E-state index contributed by atoms with van der Waals surface area (Å²) in [5.74, 6) is 1.46. The summed E-state index contributed by atoms with van der Waals surface area (Å²) >= 11 is 0. The van der Waals surface area contributed by atoms with Gasteiger partial charge in [0, 0.05) is 24.0 Å². The summed E-state index contributed by atoms with van der Waals surface area (Å²) in [6, 6.07) is 16.5. The number of nitrogens with one attached hydrogen (secondary N) is 1. The van der Waals surface area contributed by atoms with Crippen LogP contribution in [0.25, 0.3) is 0 Å². The van der Waals surface area contributed by atoms with Gasteiger partial charge in [-0.05, 0) is 37.3 Å². The van der Waals surface area contributed by atoms with Gasteiger partial charge in [-0.2, -0.15) is 0 Å². The number of hydrogen-bond acceptors (Lipinski definition) is 5. The first-order valence-electron chi connectivity index (χ1n) is 8.19. The Morgan fingerprint density at radius 3 is 2.62 bits per heavy atom. The standard InChI is InChI=1S/C20H19N3O3/c1-15-9-10-18(13-22-15)26-20-16(6-5-11-21-20)12-23-19(24)14-25-17-7-3-2-4-8-17/h2-11,13H,12,14H2,1H3,(H,23,24). The molecule has 2 heterocycles. The number of pyridine rings is 2. The lowest BCUT2D eigenvalue weighted by molar-refractivity contribution is -0.123. The molecule has 0 spiro atoms. The molecule has 0 radical (unpaired) electrons. The lowest BCUT2D eigenvalue weighted by atomic mass is 10.2. The maximum atomic E-state index is 12.0. The molecule has 0 aliphatic rings. The van der Waals surface area contributed by atoms with Crippen molar-refractivity contribution in [3.8, 4) is 17.4 Å². The Bertz CT molecular complexity index is 852. The highest BCUT2D eigenvalue weighted by Crippen LogP contribution is 2.22. The average Bonchev–Trinajstić information content (AvgIpc) is 2.68. The molecule has 0 saturated carbocycles. The van der Waals surface area contributed by atoms with Crippen molar-refractivity contribution in [2.45, 2.75) is 13.5 Å². The molecule has 6 nitrogen and oxygen atoms in total. The van der Waals surface area contributed by atoms with Crippen molar-refractivity contribution < 1.29 is 14.3 Å². The molecule has 0 unspecified atom stereocenters. The lowest BCUT2D eigenvalue weighted by Crippen LogP contribution is -2.28. The van der Waals surface area contributed by atoms with Crippen molar-refractivity contribution in [2.24, 2.45) is 0 Å². The number of carbonyl (C=O) groups excluding carboxylic acids is 1. The summed E-state index contributed by atoms with van der Waals surface area (Å²) < 4.78 is 11.2. The van der Waals surface area contributed by atoms with Crippen molar-refractivity contribution >= 4 is 5.91 Å². The minimum Gasteiger partial charge on any atom is -0.484 e. The van der Waals surface area contributed by atoms with Crippen LogP contribution in [0.15, 0.2) is 67.0 Å². The van der Waals surface area contributed by atoms with E-state index in [2.05, 4.69) is 15.3 Å². The van der Waals surface area contributed by atoms with Crippen LogP contribution in [0.2, 0.25) is 0 Å². The normalized spacial score (nSPS) is 10.2. The second-order valence-corrected chi connectivity index (χ2v) is 5.58. The molecular formula is C20H19N3O3. The Morgan fingerprint density at radius 2 is 1.85 bits per heavy atom. The van der Waals surface area contributed by atoms with E-state index in [0.29, 0.717) is 23.9 Å². The van der Waals surface area contributed by atoms with Crippen LogP contribution in [0.3, 0.4) is 0 Å². The molecule has 0 fully saturated rings. The van der Waals surface area contributed by atoms with Crippen LogP contribution in [0.1, 0.15) is 11.3 Å². The smallest absolute Gasteiger partial charge is 0.258 e. The minimum atomic E-state index is -0.222. The number of hydrogen-bond donors (Lipinski definition) is 1. The Kier molecular flexibility index (Phi) is 5.77. The molecule has 0 aliphatic carbocycles. The van der Waals surface area contributed by atoms with Gasteiger partial charge in [0.05, 0.1) is 6.20 Å². The molecule has 3 aromatic rings. The maximum absolute atomic E-state index is 12.0. The van der Waals surface area contributed by atoms with E-state index in [4.69, 9.17) is 9.47 Å². The van der Waals surface area contributed by atoms with Crippen molar-refractivity contribution in [1.82, 2.24) is 15.3 Å². The number of para-hydroxylation sites is 1. The number of rotatable bonds is 7. The zero-order chi connectivity index (χ0) is 18.2. The fraction of sp³-hybridized carbons (Fsp3) is 0.150. The predicted octanol–water partition coefficient (Wildman–Crippen LogP) is 3.27. The topological polar surface area (TPSA) is 73.3 Å². The molecule has 0 atom stereocenters. The van der Waals surface area contributed by atoms with Crippen LogP contribution < -0.4 is 14.8 Å². The van der Waals surface area contributed by atoms with Crippen molar-refractivity contribution in [3.05, 3.63) is 78.2 Å². The molecule has 0 saturated heterocycles. The predicted molar refractivity (Wildman–Crippen MR) is 97.1 cm³/mol. The van der Waals surface area contributed by atoms with Crippen LogP contribution >= 0.6 is 0 Å². The maximum Gasteiger partial charge on any atom is 0.258 e. The van der Waals surface area contributed by atoms with Gasteiger partial charge in [0.1, 0.15) is 11.5 Å². The van der Waals surface area contributed by atoms with E-state index in [1.807, 2.05) is 43.3 Å². The van der Waals surface area contributed by atoms with Crippen molar-refractivity contribution in [3.63, 3.8) is 0 Å². The van der Waals surface area contributed by atoms with Gasteiger partial charge >= 0.3 is 0 Å². The Hall–Kier alpha value is -3.41. The summed E-state index contributed by atoms with van der Waals surface area (Å²) in [4.78, 5) is 20.4. The Morgan fingerprint density at radius 1 is 1.00 bits per heavy atom. The van der Waals surface area contributed by atoms with Gasteiger partial charge in [-0.25, -0.2) is 4.98 Å². The fourth-order valence-corrected chi connectivity index (χ4v) is 2.19. The van der Waals surface area contributed by atoms with Gasteiger partial charge in [-0.3, -0.25) is 9.78 Å². The number of ether oxygens (including phenoxy) is 2. The molecule has 0 aliphatic heterocycles. The zero-order valence-corrected chi connectivity index (χ0v) is 14.4. The summed E-state index contributed by atoms with van der Waals surface area (Å²) in [6.07, 6.45) is 3.28. The molecule has 132 valence electrons. The molecule has 1 N–H and O–H groups in total. The number of carbonyl (C=O) groups is 1. The molecule has 3 rings (SSSR count). The van der Waals surface area contributed by atoms with E-state index in [-0.39, 0.29) is 12.5 Å². The number of benzene rings is 1. The number of aryl methyl sites for hydroxylation is 1. The van der Waals surface area contributed by atoms with Gasteiger partial charge in [0.15, 0.2) is 6.61 Å². The highest BCUT2D eigenvalue weighted by atomic mass is 16.5. The van der Waals surface area contributed by atoms with Gasteiger partial charge in [-0.1, -0.05) is 24.3 Å². The zero-order valence-electron chi connectivity index (χ0n) is 14.4. The van der Waals surface area contributed by atoms with E-state index in [1.165, 1.54) is 0 Å². The second-order valence-electron chi connectivity index (χ2n) is 5.58. The van der Waals surface area contributed by atoms with E-state index in [1.54, 1.807) is 30.6 Å². The van der Waals surface area contributed by atoms with Crippen LogP contribution in [0, 0.1) is 6.92 Å². The van der Waals surface area contributed by atoms with Crippen molar-refractivity contribution in [2.75, 3.05) is 6.61 Å². The minimum absolute atomic E-state index is 0.0532. The molecule has 0 bridgehead atoms. The van der Waals surface area contributed by atoms with Gasteiger partial charge in [0.25, 0.3) is 5.91 Å². The Balaban J connectivity index is 1.56. The number of nitrogens with zero attached hydrogens (tertiary/aromatic N) is 2. The molecule has 26 heavy (non-hydrogen) atoms. The third kappa shape index (κ3) is 5.04. The van der Waals surface area contributed by atoms with E-state index >= 15 is 0 Å². The monoisotopic (exact) mass is 349 g/mol.